The number of methoxy groups -OCH3 is 1. The van der Waals surface area contributed by atoms with Crippen LogP contribution in [0.5, 0.6) is 11.5 Å². The normalized spacial score (nSPS) is 12.2. The van der Waals surface area contributed by atoms with Gasteiger partial charge in [0.15, 0.2) is 6.79 Å². The van der Waals surface area contributed by atoms with E-state index in [1.54, 1.807) is 7.11 Å². The highest BCUT2D eigenvalue weighted by Crippen LogP contribution is 2.29. The zero-order valence-electron chi connectivity index (χ0n) is 12.4. The van der Waals surface area contributed by atoms with Crippen molar-refractivity contribution in [3.63, 3.8) is 0 Å². The summed E-state index contributed by atoms with van der Waals surface area (Å²) < 4.78 is 16.2. The zero-order chi connectivity index (χ0) is 14.1. The molecule has 108 valence electrons. The Kier molecular flexibility index (Phi) is 7.30. The van der Waals surface area contributed by atoms with Crippen molar-refractivity contribution in [2.24, 2.45) is 0 Å². The van der Waals surface area contributed by atoms with Crippen LogP contribution in [0.4, 0.5) is 0 Å². The Morgan fingerprint density at radius 2 is 2.05 bits per heavy atom. The molecule has 0 amide bonds. The molecule has 1 aromatic carbocycles. The Morgan fingerprint density at radius 3 is 2.68 bits per heavy atom. The maximum Gasteiger partial charge on any atom is 0.189 e. The van der Waals surface area contributed by atoms with Gasteiger partial charge in [-0.3, -0.25) is 0 Å². The van der Waals surface area contributed by atoms with E-state index < -0.39 is 0 Å². The SMILES string of the molecule is CCCNC(C)c1ccc(OC)cc1OCOCC. The summed E-state index contributed by atoms with van der Waals surface area (Å²) in [7, 11) is 1.65. The van der Waals surface area contributed by atoms with E-state index in [1.165, 1.54) is 0 Å². The van der Waals surface area contributed by atoms with Gasteiger partial charge in [0.05, 0.1) is 7.11 Å². The molecule has 1 atom stereocenters. The lowest BCUT2D eigenvalue weighted by Gasteiger charge is -2.18. The van der Waals surface area contributed by atoms with Crippen molar-refractivity contribution in [1.82, 2.24) is 5.32 Å². The Morgan fingerprint density at radius 1 is 1.26 bits per heavy atom. The minimum Gasteiger partial charge on any atom is -0.497 e. The molecule has 4 heteroatoms. The predicted octanol–water partition coefficient (Wildman–Crippen LogP) is 3.13. The Bertz CT molecular complexity index is 368. The first-order valence-electron chi connectivity index (χ1n) is 6.84. The van der Waals surface area contributed by atoms with Crippen LogP contribution in [0.3, 0.4) is 0 Å². The van der Waals surface area contributed by atoms with Crippen LogP contribution in [-0.4, -0.2) is 27.1 Å². The molecule has 0 aliphatic rings. The molecule has 0 spiro atoms. The van der Waals surface area contributed by atoms with Crippen LogP contribution in [0, 0.1) is 0 Å². The summed E-state index contributed by atoms with van der Waals surface area (Å²) >= 11 is 0. The van der Waals surface area contributed by atoms with Gasteiger partial charge in [-0.1, -0.05) is 13.0 Å². The van der Waals surface area contributed by atoms with Crippen LogP contribution in [0.15, 0.2) is 18.2 Å². The van der Waals surface area contributed by atoms with Gasteiger partial charge >= 0.3 is 0 Å². The number of ether oxygens (including phenoxy) is 3. The van der Waals surface area contributed by atoms with Crippen LogP contribution in [0.2, 0.25) is 0 Å². The second-order valence-electron chi connectivity index (χ2n) is 4.33. The molecule has 0 saturated heterocycles. The van der Waals surface area contributed by atoms with E-state index in [0.717, 1.165) is 30.0 Å². The molecule has 0 heterocycles. The van der Waals surface area contributed by atoms with Gasteiger partial charge in [0, 0.05) is 24.3 Å². The van der Waals surface area contributed by atoms with Crippen molar-refractivity contribution in [3.8, 4) is 11.5 Å². The van der Waals surface area contributed by atoms with Gasteiger partial charge in [0.2, 0.25) is 0 Å². The molecule has 1 unspecified atom stereocenters. The average molecular weight is 267 g/mol. The van der Waals surface area contributed by atoms with Crippen molar-refractivity contribution < 1.29 is 14.2 Å². The molecule has 1 rings (SSSR count). The molecule has 0 aliphatic heterocycles. The topological polar surface area (TPSA) is 39.7 Å². The molecule has 0 bridgehead atoms. The lowest BCUT2D eigenvalue weighted by Crippen LogP contribution is -2.20. The molecule has 0 fully saturated rings. The van der Waals surface area contributed by atoms with Crippen molar-refractivity contribution in [3.05, 3.63) is 23.8 Å². The summed E-state index contributed by atoms with van der Waals surface area (Å²) in [6.45, 7) is 8.12. The highest BCUT2D eigenvalue weighted by atomic mass is 16.7. The summed E-state index contributed by atoms with van der Waals surface area (Å²) in [5.41, 5.74) is 1.12. The van der Waals surface area contributed by atoms with Gasteiger partial charge in [0.25, 0.3) is 0 Å². The van der Waals surface area contributed by atoms with Gasteiger partial charge in [-0.15, -0.1) is 0 Å². The number of hydrogen-bond donors (Lipinski definition) is 1. The van der Waals surface area contributed by atoms with E-state index >= 15 is 0 Å². The largest absolute Gasteiger partial charge is 0.497 e. The Labute approximate surface area is 116 Å². The van der Waals surface area contributed by atoms with E-state index in [0.29, 0.717) is 6.61 Å². The molecule has 1 N–H and O–H groups in total. The third-order valence-corrected chi connectivity index (χ3v) is 2.89. The Balaban J connectivity index is 2.81. The van der Waals surface area contributed by atoms with Crippen LogP contribution in [0.25, 0.3) is 0 Å². The number of nitrogens with one attached hydrogen (secondary N) is 1. The van der Waals surface area contributed by atoms with Crippen molar-refractivity contribution >= 4 is 0 Å². The molecular formula is C15H25NO3. The van der Waals surface area contributed by atoms with Gasteiger partial charge in [-0.2, -0.15) is 0 Å². The predicted molar refractivity (Wildman–Crippen MR) is 76.8 cm³/mol. The summed E-state index contributed by atoms with van der Waals surface area (Å²) in [5.74, 6) is 1.60. The average Bonchev–Trinajstić information content (AvgIpc) is 2.44. The first kappa shape index (κ1) is 15.8. The van der Waals surface area contributed by atoms with Crippen LogP contribution in [0.1, 0.15) is 38.8 Å². The summed E-state index contributed by atoms with van der Waals surface area (Å²) in [4.78, 5) is 0. The number of benzene rings is 1. The second kappa shape index (κ2) is 8.77. The van der Waals surface area contributed by atoms with E-state index in [4.69, 9.17) is 14.2 Å². The summed E-state index contributed by atoms with van der Waals surface area (Å²) in [5, 5.41) is 3.46. The fraction of sp³-hybridized carbons (Fsp3) is 0.600. The number of rotatable bonds is 9. The molecule has 1 aromatic rings. The van der Waals surface area contributed by atoms with Gasteiger partial charge in [-0.05, 0) is 32.9 Å². The van der Waals surface area contributed by atoms with Gasteiger partial charge in [0.1, 0.15) is 11.5 Å². The third-order valence-electron chi connectivity index (χ3n) is 2.89. The van der Waals surface area contributed by atoms with Gasteiger partial charge < -0.3 is 19.5 Å². The first-order chi connectivity index (χ1) is 9.22. The lowest BCUT2D eigenvalue weighted by atomic mass is 10.1. The van der Waals surface area contributed by atoms with Gasteiger partial charge in [-0.25, -0.2) is 0 Å². The smallest absolute Gasteiger partial charge is 0.189 e. The fourth-order valence-electron chi connectivity index (χ4n) is 1.78. The maximum absolute atomic E-state index is 5.68. The second-order valence-corrected chi connectivity index (χ2v) is 4.33. The van der Waals surface area contributed by atoms with Crippen LogP contribution >= 0.6 is 0 Å². The Hall–Kier alpha value is -1.26. The van der Waals surface area contributed by atoms with Crippen molar-refractivity contribution in [2.45, 2.75) is 33.2 Å². The quantitative estimate of drug-likeness (QED) is 0.551. The third kappa shape index (κ3) is 5.09. The fourth-order valence-corrected chi connectivity index (χ4v) is 1.78. The molecule has 0 radical (unpaired) electrons. The maximum atomic E-state index is 5.68. The lowest BCUT2D eigenvalue weighted by molar-refractivity contribution is 0.0215. The van der Waals surface area contributed by atoms with Crippen LogP contribution in [-0.2, 0) is 4.74 Å². The summed E-state index contributed by atoms with van der Waals surface area (Å²) in [6.07, 6.45) is 1.11. The molecule has 0 aliphatic carbocycles. The minimum absolute atomic E-state index is 0.238. The van der Waals surface area contributed by atoms with Crippen molar-refractivity contribution in [2.75, 3.05) is 27.1 Å². The van der Waals surface area contributed by atoms with E-state index in [9.17, 15) is 0 Å². The highest BCUT2D eigenvalue weighted by molar-refractivity contribution is 5.42. The molecular weight excluding hydrogens is 242 g/mol. The van der Waals surface area contributed by atoms with E-state index in [2.05, 4.69) is 19.2 Å². The standard InChI is InChI=1S/C15H25NO3/c1-5-9-16-12(3)14-8-7-13(17-4)10-15(14)19-11-18-6-2/h7-8,10,12,16H,5-6,9,11H2,1-4H3. The first-order valence-corrected chi connectivity index (χ1v) is 6.84. The monoisotopic (exact) mass is 267 g/mol. The van der Waals surface area contributed by atoms with Crippen LogP contribution < -0.4 is 14.8 Å². The van der Waals surface area contributed by atoms with E-state index in [1.807, 2.05) is 25.1 Å². The molecule has 0 saturated carbocycles. The van der Waals surface area contributed by atoms with E-state index in [-0.39, 0.29) is 12.8 Å². The summed E-state index contributed by atoms with van der Waals surface area (Å²) in [6, 6.07) is 6.13. The molecule has 19 heavy (non-hydrogen) atoms. The molecule has 0 aromatic heterocycles. The minimum atomic E-state index is 0.238. The van der Waals surface area contributed by atoms with Crippen molar-refractivity contribution in [1.29, 1.82) is 0 Å². The number of hydrogen-bond acceptors (Lipinski definition) is 4. The zero-order valence-corrected chi connectivity index (χ0v) is 12.4. The molecule has 4 nitrogen and oxygen atoms in total. The highest BCUT2D eigenvalue weighted by Gasteiger charge is 2.12.